The summed E-state index contributed by atoms with van der Waals surface area (Å²) < 4.78 is 11.4. The van der Waals surface area contributed by atoms with E-state index in [0.29, 0.717) is 0 Å². The van der Waals surface area contributed by atoms with E-state index in [4.69, 9.17) is 4.42 Å². The zero-order valence-electron chi connectivity index (χ0n) is 27.6. The zero-order chi connectivity index (χ0) is 33.5. The van der Waals surface area contributed by atoms with Gasteiger partial charge in [-0.3, -0.25) is 0 Å². The van der Waals surface area contributed by atoms with E-state index in [-0.39, 0.29) is 0 Å². The molecule has 0 aliphatic carbocycles. The molecule has 11 aromatic rings. The standard InChI is InChI=1S/C48H30N2O/c1-3-14-31(15-4-1)33-26-34(32-16-5-2-6-17-32)28-35(27-33)49-42-22-10-7-18-36(42)40-30-46-41(29-45(40)49)37-19-8-11-23-43(37)50(46)44-24-13-21-39-38-20-9-12-25-47(38)51-48(39)44/h1-30H. The van der Waals surface area contributed by atoms with Gasteiger partial charge in [0.1, 0.15) is 5.58 Å². The minimum Gasteiger partial charge on any atom is -0.454 e. The Bertz CT molecular complexity index is 3070. The summed E-state index contributed by atoms with van der Waals surface area (Å²) in [5.74, 6) is 0. The second-order valence-electron chi connectivity index (χ2n) is 13.3. The third kappa shape index (κ3) is 4.19. The molecule has 0 saturated heterocycles. The quantitative estimate of drug-likeness (QED) is 0.186. The normalized spacial score (nSPS) is 11.9. The first kappa shape index (κ1) is 28.0. The maximum absolute atomic E-state index is 6.60. The van der Waals surface area contributed by atoms with Crippen LogP contribution in [0.3, 0.4) is 0 Å². The number of hydrogen-bond donors (Lipinski definition) is 0. The van der Waals surface area contributed by atoms with Crippen molar-refractivity contribution in [2.24, 2.45) is 0 Å². The van der Waals surface area contributed by atoms with E-state index < -0.39 is 0 Å². The maximum atomic E-state index is 6.60. The monoisotopic (exact) mass is 650 g/mol. The molecule has 0 N–H and O–H groups in total. The van der Waals surface area contributed by atoms with Crippen LogP contribution in [0.4, 0.5) is 0 Å². The van der Waals surface area contributed by atoms with Crippen molar-refractivity contribution in [1.29, 1.82) is 0 Å². The Balaban J connectivity index is 1.24. The van der Waals surface area contributed by atoms with Gasteiger partial charge in [0, 0.05) is 38.0 Å². The van der Waals surface area contributed by atoms with Crippen LogP contribution in [-0.2, 0) is 0 Å². The molecular weight excluding hydrogens is 621 g/mol. The van der Waals surface area contributed by atoms with E-state index >= 15 is 0 Å². The first-order chi connectivity index (χ1) is 25.3. The molecule has 11 rings (SSSR count). The Hall–Kier alpha value is -6.84. The zero-order valence-corrected chi connectivity index (χ0v) is 27.6. The lowest BCUT2D eigenvalue weighted by molar-refractivity contribution is 0.666. The molecular formula is C48H30N2O. The first-order valence-electron chi connectivity index (χ1n) is 17.4. The summed E-state index contributed by atoms with van der Waals surface area (Å²) in [6.45, 7) is 0. The number of fused-ring (bicyclic) bond motifs is 9. The molecule has 0 atom stereocenters. The van der Waals surface area contributed by atoms with Crippen LogP contribution in [0.1, 0.15) is 0 Å². The minimum atomic E-state index is 0.898. The molecule has 0 fully saturated rings. The molecule has 8 aromatic carbocycles. The van der Waals surface area contributed by atoms with Crippen molar-refractivity contribution < 1.29 is 4.42 Å². The molecule has 3 heterocycles. The molecule has 3 heteroatoms. The maximum Gasteiger partial charge on any atom is 0.159 e. The van der Waals surface area contributed by atoms with E-state index in [1.54, 1.807) is 0 Å². The Labute approximate surface area is 293 Å². The summed E-state index contributed by atoms with van der Waals surface area (Å²) >= 11 is 0. The Kier molecular flexibility index (Phi) is 5.96. The van der Waals surface area contributed by atoms with Gasteiger partial charge < -0.3 is 13.6 Å². The fraction of sp³-hybridized carbons (Fsp3) is 0. The molecule has 0 amide bonds. The number of para-hydroxylation sites is 4. The third-order valence-electron chi connectivity index (χ3n) is 10.5. The lowest BCUT2D eigenvalue weighted by atomic mass is 9.98. The Morgan fingerprint density at radius 2 is 0.824 bits per heavy atom. The average Bonchev–Trinajstić information content (AvgIpc) is 3.85. The average molecular weight is 651 g/mol. The molecule has 238 valence electrons. The Morgan fingerprint density at radius 1 is 0.314 bits per heavy atom. The first-order valence-corrected chi connectivity index (χ1v) is 17.4. The molecule has 0 aliphatic rings. The van der Waals surface area contributed by atoms with Crippen molar-refractivity contribution in [2.75, 3.05) is 0 Å². The van der Waals surface area contributed by atoms with E-state index in [2.05, 4.69) is 185 Å². The van der Waals surface area contributed by atoms with Gasteiger partial charge in [0.15, 0.2) is 5.58 Å². The van der Waals surface area contributed by atoms with Crippen LogP contribution in [0.25, 0.3) is 99.2 Å². The van der Waals surface area contributed by atoms with Gasteiger partial charge >= 0.3 is 0 Å². The van der Waals surface area contributed by atoms with Crippen LogP contribution < -0.4 is 0 Å². The largest absolute Gasteiger partial charge is 0.454 e. The van der Waals surface area contributed by atoms with Gasteiger partial charge in [-0.05, 0) is 76.9 Å². The van der Waals surface area contributed by atoms with E-state index in [9.17, 15) is 0 Å². The van der Waals surface area contributed by atoms with Crippen molar-refractivity contribution in [2.45, 2.75) is 0 Å². The highest BCUT2D eigenvalue weighted by molar-refractivity contribution is 6.20. The van der Waals surface area contributed by atoms with Crippen LogP contribution in [0.15, 0.2) is 186 Å². The van der Waals surface area contributed by atoms with Crippen molar-refractivity contribution in [1.82, 2.24) is 9.13 Å². The molecule has 51 heavy (non-hydrogen) atoms. The number of aromatic nitrogens is 2. The lowest BCUT2D eigenvalue weighted by Gasteiger charge is -2.14. The van der Waals surface area contributed by atoms with Crippen molar-refractivity contribution >= 4 is 65.6 Å². The smallest absolute Gasteiger partial charge is 0.159 e. The van der Waals surface area contributed by atoms with Gasteiger partial charge in [-0.2, -0.15) is 0 Å². The second kappa shape index (κ2) is 10.8. The highest BCUT2D eigenvalue weighted by Crippen LogP contribution is 2.42. The highest BCUT2D eigenvalue weighted by atomic mass is 16.3. The van der Waals surface area contributed by atoms with Crippen LogP contribution in [0, 0.1) is 0 Å². The van der Waals surface area contributed by atoms with E-state index in [1.165, 1.54) is 54.8 Å². The number of furan rings is 1. The van der Waals surface area contributed by atoms with Gasteiger partial charge in [0.05, 0.1) is 27.8 Å². The summed E-state index contributed by atoms with van der Waals surface area (Å²) in [5.41, 5.74) is 13.4. The number of rotatable bonds is 4. The molecule has 0 radical (unpaired) electrons. The lowest BCUT2D eigenvalue weighted by Crippen LogP contribution is -1.96. The van der Waals surface area contributed by atoms with Gasteiger partial charge in [-0.25, -0.2) is 0 Å². The predicted molar refractivity (Wildman–Crippen MR) is 213 cm³/mol. The van der Waals surface area contributed by atoms with Crippen LogP contribution in [-0.4, -0.2) is 9.13 Å². The number of benzene rings is 8. The minimum absolute atomic E-state index is 0.898. The predicted octanol–water partition coefficient (Wildman–Crippen LogP) is 13.1. The summed E-state index contributed by atoms with van der Waals surface area (Å²) in [4.78, 5) is 0. The summed E-state index contributed by atoms with van der Waals surface area (Å²) in [6.07, 6.45) is 0. The molecule has 0 spiro atoms. The molecule has 0 aliphatic heterocycles. The van der Waals surface area contributed by atoms with Gasteiger partial charge in [0.2, 0.25) is 0 Å². The fourth-order valence-corrected chi connectivity index (χ4v) is 8.21. The van der Waals surface area contributed by atoms with Crippen LogP contribution >= 0.6 is 0 Å². The summed E-state index contributed by atoms with van der Waals surface area (Å²) in [7, 11) is 0. The second-order valence-corrected chi connectivity index (χ2v) is 13.3. The molecule has 3 aromatic heterocycles. The Morgan fingerprint density at radius 3 is 1.47 bits per heavy atom. The third-order valence-corrected chi connectivity index (χ3v) is 10.5. The molecule has 0 saturated carbocycles. The van der Waals surface area contributed by atoms with Crippen molar-refractivity contribution in [3.8, 4) is 33.6 Å². The van der Waals surface area contributed by atoms with Crippen LogP contribution in [0.5, 0.6) is 0 Å². The SMILES string of the molecule is c1ccc(-c2cc(-c3ccccc3)cc(-n3c4ccccc4c4cc5c(cc43)c3ccccc3n5-c3cccc4c3oc3ccccc34)c2)cc1. The summed E-state index contributed by atoms with van der Waals surface area (Å²) in [5, 5.41) is 7.11. The number of hydrogen-bond acceptors (Lipinski definition) is 1. The fourth-order valence-electron chi connectivity index (χ4n) is 8.21. The molecule has 3 nitrogen and oxygen atoms in total. The van der Waals surface area contributed by atoms with Gasteiger partial charge in [-0.15, -0.1) is 0 Å². The van der Waals surface area contributed by atoms with Gasteiger partial charge in [0.25, 0.3) is 0 Å². The van der Waals surface area contributed by atoms with Crippen molar-refractivity contribution in [3.05, 3.63) is 182 Å². The van der Waals surface area contributed by atoms with E-state index in [0.717, 1.165) is 44.3 Å². The summed E-state index contributed by atoms with van der Waals surface area (Å²) in [6, 6.07) is 65.5. The van der Waals surface area contributed by atoms with Gasteiger partial charge in [-0.1, -0.05) is 127 Å². The molecule has 0 unspecified atom stereocenters. The molecule has 0 bridgehead atoms. The van der Waals surface area contributed by atoms with Crippen LogP contribution in [0.2, 0.25) is 0 Å². The highest BCUT2D eigenvalue weighted by Gasteiger charge is 2.21. The van der Waals surface area contributed by atoms with Crippen molar-refractivity contribution in [3.63, 3.8) is 0 Å². The van der Waals surface area contributed by atoms with E-state index in [1.807, 2.05) is 6.07 Å². The topological polar surface area (TPSA) is 23.0 Å². The number of nitrogens with zero attached hydrogens (tertiary/aromatic N) is 2.